The van der Waals surface area contributed by atoms with Gasteiger partial charge in [-0.3, -0.25) is 0 Å². The van der Waals surface area contributed by atoms with E-state index in [9.17, 15) is 0 Å². The number of methoxy groups -OCH3 is 3. The minimum absolute atomic E-state index is 0.550. The first-order valence-electron chi connectivity index (χ1n) is 6.68. The highest BCUT2D eigenvalue weighted by Crippen LogP contribution is 2.42. The van der Waals surface area contributed by atoms with E-state index in [4.69, 9.17) is 19.9 Å². The van der Waals surface area contributed by atoms with Crippen LogP contribution in [0, 0.1) is 0 Å². The van der Waals surface area contributed by atoms with Gasteiger partial charge >= 0.3 is 0 Å². The largest absolute Gasteiger partial charge is 0.493 e. The Morgan fingerprint density at radius 1 is 1.10 bits per heavy atom. The van der Waals surface area contributed by atoms with Crippen LogP contribution in [0.1, 0.15) is 12.7 Å². The van der Waals surface area contributed by atoms with E-state index >= 15 is 0 Å². The molecule has 6 nitrogen and oxygen atoms in total. The van der Waals surface area contributed by atoms with Crippen molar-refractivity contribution in [3.63, 3.8) is 0 Å². The second-order valence-corrected chi connectivity index (χ2v) is 4.59. The summed E-state index contributed by atoms with van der Waals surface area (Å²) in [6.45, 7) is 2.04. The van der Waals surface area contributed by atoms with Crippen LogP contribution < -0.4 is 19.9 Å². The zero-order chi connectivity index (χ0) is 15.6. The molecule has 1 aromatic carbocycles. The van der Waals surface area contributed by atoms with Gasteiger partial charge in [0.1, 0.15) is 17.3 Å². The Labute approximate surface area is 124 Å². The minimum atomic E-state index is 0.550. The number of hydrogen-bond donors (Lipinski definition) is 1. The summed E-state index contributed by atoms with van der Waals surface area (Å²) in [7, 11) is 6.65. The van der Waals surface area contributed by atoms with E-state index in [0.717, 1.165) is 17.8 Å². The normalized spacial score (nSPS) is 10.5. The van der Waals surface area contributed by atoms with Gasteiger partial charge in [-0.1, -0.05) is 6.92 Å². The van der Waals surface area contributed by atoms with Gasteiger partial charge in [-0.15, -0.1) is 0 Å². The molecule has 0 bridgehead atoms. The van der Waals surface area contributed by atoms with E-state index in [2.05, 4.69) is 4.98 Å². The lowest BCUT2D eigenvalue weighted by molar-refractivity contribution is 0.324. The van der Waals surface area contributed by atoms with Crippen LogP contribution in [-0.4, -0.2) is 30.9 Å². The quantitative estimate of drug-likeness (QED) is 0.915. The molecule has 0 saturated carbocycles. The number of imidazole rings is 1. The van der Waals surface area contributed by atoms with Crippen molar-refractivity contribution in [1.82, 2.24) is 9.55 Å². The van der Waals surface area contributed by atoms with Gasteiger partial charge < -0.3 is 24.5 Å². The van der Waals surface area contributed by atoms with E-state index in [1.165, 1.54) is 0 Å². The van der Waals surface area contributed by atoms with Gasteiger partial charge in [0.2, 0.25) is 5.75 Å². The lowest BCUT2D eigenvalue weighted by Crippen LogP contribution is -2.00. The first-order valence-corrected chi connectivity index (χ1v) is 6.68. The highest BCUT2D eigenvalue weighted by Gasteiger charge is 2.18. The van der Waals surface area contributed by atoms with Crippen LogP contribution in [0.4, 0.5) is 5.82 Å². The summed E-state index contributed by atoms with van der Waals surface area (Å²) in [5, 5.41) is 0. The summed E-state index contributed by atoms with van der Waals surface area (Å²) >= 11 is 0. The Morgan fingerprint density at radius 3 is 2.05 bits per heavy atom. The molecule has 2 N–H and O–H groups in total. The number of hydrogen-bond acceptors (Lipinski definition) is 5. The second-order valence-electron chi connectivity index (χ2n) is 4.59. The number of benzene rings is 1. The smallest absolute Gasteiger partial charge is 0.203 e. The van der Waals surface area contributed by atoms with Gasteiger partial charge in [-0.05, 0) is 12.1 Å². The van der Waals surface area contributed by atoms with E-state index in [1.54, 1.807) is 21.3 Å². The highest BCUT2D eigenvalue weighted by atomic mass is 16.5. The predicted molar refractivity (Wildman–Crippen MR) is 82.1 cm³/mol. The molecule has 0 spiro atoms. The molecular formula is C15H21N3O3. The molecule has 21 heavy (non-hydrogen) atoms. The third kappa shape index (κ3) is 2.49. The molecule has 0 atom stereocenters. The molecule has 0 saturated heterocycles. The maximum Gasteiger partial charge on any atom is 0.203 e. The first-order chi connectivity index (χ1) is 10.1. The van der Waals surface area contributed by atoms with Crippen molar-refractivity contribution in [2.24, 2.45) is 7.05 Å². The minimum Gasteiger partial charge on any atom is -0.493 e. The van der Waals surface area contributed by atoms with Crippen molar-refractivity contribution in [3.8, 4) is 28.5 Å². The molecule has 0 aliphatic carbocycles. The molecule has 1 heterocycles. The molecule has 114 valence electrons. The van der Waals surface area contributed by atoms with E-state index < -0.39 is 0 Å². The summed E-state index contributed by atoms with van der Waals surface area (Å²) in [4.78, 5) is 4.59. The fraction of sp³-hybridized carbons (Fsp3) is 0.400. The Hall–Kier alpha value is -2.37. The molecule has 1 aromatic heterocycles. The second kappa shape index (κ2) is 5.95. The predicted octanol–water partition coefficient (Wildman–Crippen LogP) is 2.26. The molecule has 0 amide bonds. The van der Waals surface area contributed by atoms with Crippen LogP contribution in [0.3, 0.4) is 0 Å². The van der Waals surface area contributed by atoms with Crippen LogP contribution in [0.2, 0.25) is 0 Å². The Balaban J connectivity index is 2.64. The van der Waals surface area contributed by atoms with Gasteiger partial charge in [0, 0.05) is 19.0 Å². The van der Waals surface area contributed by atoms with E-state index in [0.29, 0.717) is 28.8 Å². The Kier molecular flexibility index (Phi) is 4.26. The average molecular weight is 291 g/mol. The van der Waals surface area contributed by atoms with Crippen molar-refractivity contribution in [1.29, 1.82) is 0 Å². The third-order valence-electron chi connectivity index (χ3n) is 3.49. The number of anilines is 1. The topological polar surface area (TPSA) is 71.5 Å². The molecule has 0 radical (unpaired) electrons. The van der Waals surface area contributed by atoms with Gasteiger partial charge in [0.05, 0.1) is 21.3 Å². The number of ether oxygens (including phenoxy) is 3. The van der Waals surface area contributed by atoms with Crippen LogP contribution in [0.5, 0.6) is 17.2 Å². The molecule has 2 aromatic rings. The Morgan fingerprint density at radius 2 is 1.67 bits per heavy atom. The lowest BCUT2D eigenvalue weighted by atomic mass is 10.1. The lowest BCUT2D eigenvalue weighted by Gasteiger charge is -2.13. The highest BCUT2D eigenvalue weighted by molar-refractivity contribution is 5.75. The van der Waals surface area contributed by atoms with Crippen LogP contribution in [-0.2, 0) is 13.5 Å². The number of nitrogens with zero attached hydrogens (tertiary/aromatic N) is 2. The van der Waals surface area contributed by atoms with Crippen molar-refractivity contribution < 1.29 is 14.2 Å². The summed E-state index contributed by atoms with van der Waals surface area (Å²) in [6, 6.07) is 3.69. The average Bonchev–Trinajstić information content (AvgIpc) is 2.81. The number of nitrogens with two attached hydrogens (primary N) is 1. The zero-order valence-electron chi connectivity index (χ0n) is 13.1. The molecule has 0 aliphatic heterocycles. The fourth-order valence-corrected chi connectivity index (χ4v) is 2.31. The zero-order valence-corrected chi connectivity index (χ0v) is 13.1. The van der Waals surface area contributed by atoms with E-state index in [1.807, 2.05) is 30.7 Å². The number of rotatable bonds is 5. The van der Waals surface area contributed by atoms with Gasteiger partial charge in [-0.2, -0.15) is 0 Å². The summed E-state index contributed by atoms with van der Waals surface area (Å²) in [5.74, 6) is 3.25. The summed E-state index contributed by atoms with van der Waals surface area (Å²) < 4.78 is 17.9. The van der Waals surface area contributed by atoms with Crippen molar-refractivity contribution in [3.05, 3.63) is 18.0 Å². The van der Waals surface area contributed by atoms with Crippen molar-refractivity contribution in [2.75, 3.05) is 27.1 Å². The van der Waals surface area contributed by atoms with Crippen LogP contribution >= 0.6 is 0 Å². The SMILES string of the molecule is CCc1nc(-c2cc(OC)c(OC)c(OC)c2)c(N)n1C. The molecule has 6 heteroatoms. The number of aromatic nitrogens is 2. The Bertz CT molecular complexity index is 625. The molecule has 2 rings (SSSR count). The fourth-order valence-electron chi connectivity index (χ4n) is 2.31. The van der Waals surface area contributed by atoms with Crippen molar-refractivity contribution >= 4 is 5.82 Å². The van der Waals surface area contributed by atoms with Gasteiger partial charge in [0.15, 0.2) is 11.5 Å². The molecule has 0 aliphatic rings. The standard InChI is InChI=1S/C15H21N3O3/c1-6-12-17-13(15(16)18(12)2)9-7-10(19-3)14(21-5)11(8-9)20-4/h7-8H,6,16H2,1-5H3. The monoisotopic (exact) mass is 291 g/mol. The number of nitrogen functional groups attached to an aromatic ring is 1. The maximum atomic E-state index is 6.15. The molecule has 0 fully saturated rings. The van der Waals surface area contributed by atoms with Crippen molar-refractivity contribution in [2.45, 2.75) is 13.3 Å². The number of aryl methyl sites for hydroxylation is 1. The third-order valence-corrected chi connectivity index (χ3v) is 3.49. The first kappa shape index (κ1) is 15.0. The summed E-state index contributed by atoms with van der Waals surface area (Å²) in [6.07, 6.45) is 0.811. The van der Waals surface area contributed by atoms with Crippen LogP contribution in [0.15, 0.2) is 12.1 Å². The molecular weight excluding hydrogens is 270 g/mol. The maximum absolute atomic E-state index is 6.15. The van der Waals surface area contributed by atoms with Gasteiger partial charge in [-0.25, -0.2) is 4.98 Å². The van der Waals surface area contributed by atoms with E-state index in [-0.39, 0.29) is 0 Å². The van der Waals surface area contributed by atoms with Gasteiger partial charge in [0.25, 0.3) is 0 Å². The molecule has 0 unspecified atom stereocenters. The van der Waals surface area contributed by atoms with Crippen LogP contribution in [0.25, 0.3) is 11.3 Å². The summed E-state index contributed by atoms with van der Waals surface area (Å²) in [5.41, 5.74) is 7.70.